The van der Waals surface area contributed by atoms with E-state index in [1.54, 1.807) is 0 Å². The van der Waals surface area contributed by atoms with Gasteiger partial charge in [0, 0.05) is 38.9 Å². The number of likely N-dealkylation sites (tertiary alicyclic amines) is 1. The SMILES string of the molecule is CCN(C)c1ccc(CN2CCC(N)C(C)C2)cn1. The molecule has 0 spiro atoms. The summed E-state index contributed by atoms with van der Waals surface area (Å²) in [5.41, 5.74) is 7.35. The number of pyridine rings is 1. The molecule has 1 fully saturated rings. The average Bonchev–Trinajstić information content (AvgIpc) is 2.43. The molecule has 0 aromatic carbocycles. The zero-order valence-corrected chi connectivity index (χ0v) is 12.3. The number of nitrogens with zero attached hydrogens (tertiary/aromatic N) is 3. The van der Waals surface area contributed by atoms with E-state index in [1.807, 2.05) is 6.20 Å². The Kier molecular flexibility index (Phi) is 4.77. The summed E-state index contributed by atoms with van der Waals surface area (Å²) < 4.78 is 0. The molecule has 1 saturated heterocycles. The largest absolute Gasteiger partial charge is 0.360 e. The number of anilines is 1. The molecule has 0 aliphatic carbocycles. The molecule has 1 aromatic rings. The third-order valence-corrected chi connectivity index (χ3v) is 4.14. The fourth-order valence-electron chi connectivity index (χ4n) is 2.55. The molecule has 2 heterocycles. The fourth-order valence-corrected chi connectivity index (χ4v) is 2.55. The molecule has 1 aliphatic heterocycles. The number of piperidine rings is 1. The van der Waals surface area contributed by atoms with Crippen LogP contribution < -0.4 is 10.6 Å². The molecule has 1 aromatic heterocycles. The Labute approximate surface area is 116 Å². The van der Waals surface area contributed by atoms with Gasteiger partial charge in [-0.25, -0.2) is 4.98 Å². The zero-order chi connectivity index (χ0) is 13.8. The third-order valence-electron chi connectivity index (χ3n) is 4.14. The molecule has 2 rings (SSSR count). The van der Waals surface area contributed by atoms with Gasteiger partial charge < -0.3 is 10.6 Å². The summed E-state index contributed by atoms with van der Waals surface area (Å²) in [7, 11) is 2.07. The highest BCUT2D eigenvalue weighted by Crippen LogP contribution is 2.18. The first-order valence-electron chi connectivity index (χ1n) is 7.24. The van der Waals surface area contributed by atoms with Gasteiger partial charge in [0.05, 0.1) is 0 Å². The van der Waals surface area contributed by atoms with Gasteiger partial charge in [0.2, 0.25) is 0 Å². The number of hydrogen-bond acceptors (Lipinski definition) is 4. The van der Waals surface area contributed by atoms with E-state index in [0.717, 1.165) is 38.4 Å². The Bertz CT molecular complexity index is 390. The molecule has 1 aliphatic rings. The molecule has 2 unspecified atom stereocenters. The van der Waals surface area contributed by atoms with Gasteiger partial charge in [-0.15, -0.1) is 0 Å². The molecular formula is C15H26N4. The Balaban J connectivity index is 1.93. The second-order valence-electron chi connectivity index (χ2n) is 5.70. The van der Waals surface area contributed by atoms with Gasteiger partial charge in [-0.1, -0.05) is 13.0 Å². The molecule has 2 atom stereocenters. The van der Waals surface area contributed by atoms with Crippen molar-refractivity contribution in [1.82, 2.24) is 9.88 Å². The summed E-state index contributed by atoms with van der Waals surface area (Å²) in [6.07, 6.45) is 3.10. The Morgan fingerprint density at radius 3 is 2.84 bits per heavy atom. The summed E-state index contributed by atoms with van der Waals surface area (Å²) in [4.78, 5) is 9.15. The zero-order valence-electron chi connectivity index (χ0n) is 12.3. The Hall–Kier alpha value is -1.13. The number of hydrogen-bond donors (Lipinski definition) is 1. The van der Waals surface area contributed by atoms with E-state index >= 15 is 0 Å². The molecule has 0 bridgehead atoms. The van der Waals surface area contributed by atoms with Crippen molar-refractivity contribution in [3.05, 3.63) is 23.9 Å². The van der Waals surface area contributed by atoms with Crippen molar-refractivity contribution in [1.29, 1.82) is 0 Å². The highest BCUT2D eigenvalue weighted by Gasteiger charge is 2.22. The van der Waals surface area contributed by atoms with Crippen LogP contribution >= 0.6 is 0 Å². The maximum atomic E-state index is 6.06. The first kappa shape index (κ1) is 14.3. The highest BCUT2D eigenvalue weighted by molar-refractivity contribution is 5.37. The average molecular weight is 262 g/mol. The molecule has 0 amide bonds. The minimum absolute atomic E-state index is 0.370. The standard InChI is InChI=1S/C15H26N4/c1-4-18(3)15-6-5-13(9-17-15)11-19-8-7-14(16)12(2)10-19/h5-6,9,12,14H,4,7-8,10-11,16H2,1-3H3. The van der Waals surface area contributed by atoms with Crippen LogP contribution in [0.4, 0.5) is 5.82 Å². The minimum Gasteiger partial charge on any atom is -0.360 e. The van der Waals surface area contributed by atoms with Crippen molar-refractivity contribution >= 4 is 5.82 Å². The summed E-state index contributed by atoms with van der Waals surface area (Å²) in [5.74, 6) is 1.63. The van der Waals surface area contributed by atoms with Crippen LogP contribution in [0.25, 0.3) is 0 Å². The van der Waals surface area contributed by atoms with Gasteiger partial charge in [0.15, 0.2) is 0 Å². The van der Waals surface area contributed by atoms with Crippen molar-refractivity contribution < 1.29 is 0 Å². The van der Waals surface area contributed by atoms with Gasteiger partial charge >= 0.3 is 0 Å². The van der Waals surface area contributed by atoms with Crippen LogP contribution in [0.1, 0.15) is 25.8 Å². The predicted molar refractivity (Wildman–Crippen MR) is 80.2 cm³/mol. The van der Waals surface area contributed by atoms with Gasteiger partial charge in [-0.2, -0.15) is 0 Å². The predicted octanol–water partition coefficient (Wildman–Crippen LogP) is 1.71. The van der Waals surface area contributed by atoms with Crippen molar-refractivity contribution in [2.75, 3.05) is 31.6 Å². The third kappa shape index (κ3) is 3.67. The smallest absolute Gasteiger partial charge is 0.128 e. The van der Waals surface area contributed by atoms with Gasteiger partial charge in [0.1, 0.15) is 5.82 Å². The van der Waals surface area contributed by atoms with E-state index in [-0.39, 0.29) is 0 Å². The van der Waals surface area contributed by atoms with Crippen LogP contribution in [0.3, 0.4) is 0 Å². The van der Waals surface area contributed by atoms with Gasteiger partial charge in [-0.3, -0.25) is 4.90 Å². The lowest BCUT2D eigenvalue weighted by atomic mass is 9.94. The maximum Gasteiger partial charge on any atom is 0.128 e. The van der Waals surface area contributed by atoms with Crippen LogP contribution in [0.15, 0.2) is 18.3 Å². The Morgan fingerprint density at radius 2 is 2.26 bits per heavy atom. The van der Waals surface area contributed by atoms with E-state index in [9.17, 15) is 0 Å². The monoisotopic (exact) mass is 262 g/mol. The molecule has 19 heavy (non-hydrogen) atoms. The second-order valence-corrected chi connectivity index (χ2v) is 5.70. The highest BCUT2D eigenvalue weighted by atomic mass is 15.2. The van der Waals surface area contributed by atoms with Crippen LogP contribution in [0.5, 0.6) is 0 Å². The lowest BCUT2D eigenvalue weighted by Gasteiger charge is -2.35. The summed E-state index contributed by atoms with van der Waals surface area (Å²) in [6.45, 7) is 8.54. The first-order chi connectivity index (χ1) is 9.10. The van der Waals surface area contributed by atoms with Crippen molar-refractivity contribution in [3.63, 3.8) is 0 Å². The van der Waals surface area contributed by atoms with Crippen molar-refractivity contribution in [2.24, 2.45) is 11.7 Å². The Morgan fingerprint density at radius 1 is 1.47 bits per heavy atom. The molecule has 0 radical (unpaired) electrons. The second kappa shape index (κ2) is 6.35. The van der Waals surface area contributed by atoms with Crippen molar-refractivity contribution in [2.45, 2.75) is 32.9 Å². The van der Waals surface area contributed by atoms with E-state index in [1.165, 1.54) is 5.56 Å². The summed E-state index contributed by atoms with van der Waals surface area (Å²) >= 11 is 0. The molecule has 4 heteroatoms. The van der Waals surface area contributed by atoms with E-state index in [4.69, 9.17) is 5.73 Å². The lowest BCUT2D eigenvalue weighted by Crippen LogP contribution is -2.45. The molecule has 0 saturated carbocycles. The summed E-state index contributed by atoms with van der Waals surface area (Å²) in [5, 5.41) is 0. The molecule has 2 N–H and O–H groups in total. The summed E-state index contributed by atoms with van der Waals surface area (Å²) in [6, 6.07) is 4.67. The topological polar surface area (TPSA) is 45.4 Å². The van der Waals surface area contributed by atoms with Gasteiger partial charge in [0.25, 0.3) is 0 Å². The number of nitrogens with two attached hydrogens (primary N) is 1. The number of rotatable bonds is 4. The minimum atomic E-state index is 0.370. The number of aromatic nitrogens is 1. The molecular weight excluding hydrogens is 236 g/mol. The van der Waals surface area contributed by atoms with Crippen molar-refractivity contribution in [3.8, 4) is 0 Å². The normalized spacial score (nSPS) is 24.4. The van der Waals surface area contributed by atoms with E-state index in [2.05, 4.69) is 47.8 Å². The van der Waals surface area contributed by atoms with Crippen LogP contribution in [-0.4, -0.2) is 42.6 Å². The fraction of sp³-hybridized carbons (Fsp3) is 0.667. The van der Waals surface area contributed by atoms with E-state index in [0.29, 0.717) is 12.0 Å². The quantitative estimate of drug-likeness (QED) is 0.897. The van der Waals surface area contributed by atoms with Crippen LogP contribution in [-0.2, 0) is 6.54 Å². The van der Waals surface area contributed by atoms with E-state index < -0.39 is 0 Å². The molecule has 4 nitrogen and oxygen atoms in total. The first-order valence-corrected chi connectivity index (χ1v) is 7.24. The lowest BCUT2D eigenvalue weighted by molar-refractivity contribution is 0.157. The van der Waals surface area contributed by atoms with Gasteiger partial charge in [-0.05, 0) is 37.4 Å². The van der Waals surface area contributed by atoms with Crippen LogP contribution in [0, 0.1) is 5.92 Å². The molecule has 106 valence electrons. The maximum absolute atomic E-state index is 6.06. The van der Waals surface area contributed by atoms with Crippen LogP contribution in [0.2, 0.25) is 0 Å².